The van der Waals surface area contributed by atoms with E-state index < -0.39 is 0 Å². The number of carbonyl (C=O) groups is 1. The molecule has 0 aliphatic rings. The number of rotatable bonds is 2. The molecule has 0 saturated heterocycles. The summed E-state index contributed by atoms with van der Waals surface area (Å²) in [6.45, 7) is 0. The van der Waals surface area contributed by atoms with Crippen LogP contribution in [0.3, 0.4) is 0 Å². The van der Waals surface area contributed by atoms with E-state index in [2.05, 4.69) is 33.9 Å². The van der Waals surface area contributed by atoms with Crippen LogP contribution < -0.4 is 5.32 Å². The molecule has 3 aromatic carbocycles. The van der Waals surface area contributed by atoms with Gasteiger partial charge in [0.2, 0.25) is 0 Å². The Hall–Kier alpha value is -1.78. The highest BCUT2D eigenvalue weighted by Crippen LogP contribution is 2.23. The average Bonchev–Trinajstić information content (AvgIpc) is 2.47. The van der Waals surface area contributed by atoms with E-state index >= 15 is 0 Å². The molecule has 0 heterocycles. The predicted molar refractivity (Wildman–Crippen MR) is 93.3 cm³/mol. The maximum absolute atomic E-state index is 12.3. The predicted octanol–water partition coefficient (Wildman–Crippen LogP) is 5.14. The Bertz CT molecular complexity index is 832. The summed E-state index contributed by atoms with van der Waals surface area (Å²) in [6.07, 6.45) is 0. The van der Waals surface area contributed by atoms with Crippen LogP contribution in [0.4, 0.5) is 5.69 Å². The molecule has 0 bridgehead atoms. The lowest BCUT2D eigenvalue weighted by Crippen LogP contribution is -2.12. The molecule has 21 heavy (non-hydrogen) atoms. The molecule has 0 aliphatic heterocycles. The van der Waals surface area contributed by atoms with Crippen LogP contribution in [0.1, 0.15) is 10.4 Å². The highest BCUT2D eigenvalue weighted by atomic mass is 79.9. The number of benzene rings is 3. The molecule has 2 nitrogen and oxygen atoms in total. The fraction of sp³-hybridized carbons (Fsp3) is 0. The van der Waals surface area contributed by atoms with E-state index in [1.165, 1.54) is 0 Å². The Morgan fingerprint density at radius 3 is 2.48 bits per heavy atom. The summed E-state index contributed by atoms with van der Waals surface area (Å²) in [5, 5.41) is 5.15. The Morgan fingerprint density at radius 1 is 0.952 bits per heavy atom. The van der Waals surface area contributed by atoms with E-state index in [4.69, 9.17) is 0 Å². The summed E-state index contributed by atoms with van der Waals surface area (Å²) in [5.41, 5.74) is 1.32. The molecule has 0 aliphatic carbocycles. The summed E-state index contributed by atoms with van der Waals surface area (Å²) >= 11 is 7.70. The van der Waals surface area contributed by atoms with Crippen LogP contribution in [-0.2, 0) is 0 Å². The Labute approximate surface area is 136 Å². The molecule has 0 spiro atoms. The van der Waals surface area contributed by atoms with Gasteiger partial charge in [-0.3, -0.25) is 4.79 Å². The lowest BCUT2D eigenvalue weighted by Gasteiger charge is -2.08. The van der Waals surface area contributed by atoms with Gasteiger partial charge < -0.3 is 5.32 Å². The van der Waals surface area contributed by atoms with Gasteiger partial charge in [0.1, 0.15) is 0 Å². The Morgan fingerprint density at radius 2 is 1.71 bits per heavy atom. The van der Waals surface area contributed by atoms with Gasteiger partial charge in [0.05, 0.1) is 5.56 Å². The van der Waals surface area contributed by atoms with Crippen LogP contribution in [-0.4, -0.2) is 5.91 Å². The zero-order valence-corrected chi connectivity index (χ0v) is 13.5. The van der Waals surface area contributed by atoms with E-state index in [0.29, 0.717) is 10.5 Å². The summed E-state index contributed by atoms with van der Waals surface area (Å²) in [7, 11) is 0. The minimum Gasteiger partial charge on any atom is -0.322 e. The first-order chi connectivity index (χ1) is 10.1. The van der Waals surface area contributed by atoms with Gasteiger partial charge in [-0.2, -0.15) is 0 Å². The average molecular weight is 358 g/mol. The second-order valence-electron chi connectivity index (χ2n) is 4.68. The maximum Gasteiger partial charge on any atom is 0.256 e. The molecular weight excluding hydrogens is 346 g/mol. The maximum atomic E-state index is 12.3. The van der Waals surface area contributed by atoms with Crippen molar-refractivity contribution in [3.8, 4) is 0 Å². The first-order valence-electron chi connectivity index (χ1n) is 6.42. The van der Waals surface area contributed by atoms with E-state index in [-0.39, 0.29) is 5.91 Å². The van der Waals surface area contributed by atoms with Crippen molar-refractivity contribution < 1.29 is 4.79 Å². The molecule has 104 valence electrons. The van der Waals surface area contributed by atoms with Gasteiger partial charge in [0.15, 0.2) is 0 Å². The summed E-state index contributed by atoms with van der Waals surface area (Å²) in [6, 6.07) is 19.3. The molecule has 0 atom stereocenters. The van der Waals surface area contributed by atoms with E-state index in [0.717, 1.165) is 20.9 Å². The number of thiol groups is 1. The highest BCUT2D eigenvalue weighted by molar-refractivity contribution is 9.10. The Balaban J connectivity index is 1.89. The zero-order valence-electron chi connectivity index (χ0n) is 11.0. The second-order valence-corrected chi connectivity index (χ2v) is 6.08. The van der Waals surface area contributed by atoms with Gasteiger partial charge in [-0.05, 0) is 41.1 Å². The van der Waals surface area contributed by atoms with Crippen LogP contribution in [0.25, 0.3) is 10.8 Å². The summed E-state index contributed by atoms with van der Waals surface area (Å²) < 4.78 is 0.898. The molecule has 0 unspecified atom stereocenters. The minimum atomic E-state index is -0.164. The molecule has 0 aromatic heterocycles. The molecule has 0 fully saturated rings. The van der Waals surface area contributed by atoms with Crippen molar-refractivity contribution in [2.45, 2.75) is 4.90 Å². The largest absolute Gasteiger partial charge is 0.322 e. The van der Waals surface area contributed by atoms with Crippen molar-refractivity contribution in [3.05, 3.63) is 70.7 Å². The second kappa shape index (κ2) is 5.92. The van der Waals surface area contributed by atoms with Crippen molar-refractivity contribution in [1.82, 2.24) is 0 Å². The van der Waals surface area contributed by atoms with E-state index in [1.807, 2.05) is 48.5 Å². The molecule has 3 rings (SSSR count). The van der Waals surface area contributed by atoms with Crippen LogP contribution in [0.15, 0.2) is 70.0 Å². The molecule has 0 radical (unpaired) electrons. The number of carbonyl (C=O) groups excluding carboxylic acids is 1. The van der Waals surface area contributed by atoms with E-state index in [9.17, 15) is 4.79 Å². The van der Waals surface area contributed by atoms with Crippen molar-refractivity contribution in [1.29, 1.82) is 0 Å². The quantitative estimate of drug-likeness (QED) is 0.610. The smallest absolute Gasteiger partial charge is 0.256 e. The number of amides is 1. The normalized spacial score (nSPS) is 10.6. The van der Waals surface area contributed by atoms with Crippen LogP contribution >= 0.6 is 28.6 Å². The van der Waals surface area contributed by atoms with Gasteiger partial charge >= 0.3 is 0 Å². The van der Waals surface area contributed by atoms with Gasteiger partial charge in [0.25, 0.3) is 5.91 Å². The summed E-state index contributed by atoms with van der Waals surface area (Å²) in [5.74, 6) is -0.164. The standard InChI is InChI=1S/C17H12BrNOS/c18-13-6-8-15(16(21)10-13)17(20)19-14-7-5-11-3-1-2-4-12(11)9-14/h1-10,21H,(H,19,20). The fourth-order valence-corrected chi connectivity index (χ4v) is 3.02. The van der Waals surface area contributed by atoms with Gasteiger partial charge in [-0.1, -0.05) is 46.3 Å². The van der Waals surface area contributed by atoms with Crippen molar-refractivity contribution in [3.63, 3.8) is 0 Å². The first-order valence-corrected chi connectivity index (χ1v) is 7.66. The number of hydrogen-bond acceptors (Lipinski definition) is 2. The van der Waals surface area contributed by atoms with Gasteiger partial charge in [-0.25, -0.2) is 0 Å². The minimum absolute atomic E-state index is 0.164. The van der Waals surface area contributed by atoms with Crippen LogP contribution in [0.5, 0.6) is 0 Å². The molecule has 1 amide bonds. The highest BCUT2D eigenvalue weighted by Gasteiger charge is 2.10. The number of hydrogen-bond donors (Lipinski definition) is 2. The fourth-order valence-electron chi connectivity index (χ4n) is 2.16. The Kier molecular flexibility index (Phi) is 3.99. The lowest BCUT2D eigenvalue weighted by atomic mass is 10.1. The number of nitrogens with one attached hydrogen (secondary N) is 1. The summed E-state index contributed by atoms with van der Waals surface area (Å²) in [4.78, 5) is 12.9. The topological polar surface area (TPSA) is 29.1 Å². The third-order valence-electron chi connectivity index (χ3n) is 3.21. The van der Waals surface area contributed by atoms with Crippen molar-refractivity contribution in [2.75, 3.05) is 5.32 Å². The first kappa shape index (κ1) is 14.2. The number of halogens is 1. The molecular formula is C17H12BrNOS. The molecule has 1 N–H and O–H groups in total. The number of fused-ring (bicyclic) bond motifs is 1. The van der Waals surface area contributed by atoms with E-state index in [1.54, 1.807) is 12.1 Å². The zero-order chi connectivity index (χ0) is 14.8. The third-order valence-corrected chi connectivity index (χ3v) is 4.07. The van der Waals surface area contributed by atoms with Crippen LogP contribution in [0.2, 0.25) is 0 Å². The lowest BCUT2D eigenvalue weighted by molar-refractivity contribution is 0.102. The molecule has 0 saturated carbocycles. The van der Waals surface area contributed by atoms with Crippen molar-refractivity contribution in [2.24, 2.45) is 0 Å². The molecule has 4 heteroatoms. The monoisotopic (exact) mass is 357 g/mol. The van der Waals surface area contributed by atoms with Gasteiger partial charge in [0, 0.05) is 15.1 Å². The number of anilines is 1. The SMILES string of the molecule is O=C(Nc1ccc2ccccc2c1)c1ccc(Br)cc1S. The third kappa shape index (κ3) is 3.12. The molecule has 3 aromatic rings. The van der Waals surface area contributed by atoms with Crippen molar-refractivity contribution >= 4 is 50.9 Å². The van der Waals surface area contributed by atoms with Gasteiger partial charge in [-0.15, -0.1) is 12.6 Å². The van der Waals surface area contributed by atoms with Crippen LogP contribution in [0, 0.1) is 0 Å².